The standard InChI is InChI=1S/C21H25N3O2/c1-13-6-19(24-26-13)20(25)22-17-4-2-3-5-18(17)23-21-10-14-7-15(11-21)9-16(8-14)12-21/h2-6,14-16,23H,7-12H2,1H3,(H,22,25). The van der Waals surface area contributed by atoms with Crippen LogP contribution in [-0.4, -0.2) is 16.6 Å². The number of aryl methyl sites for hydroxylation is 1. The lowest BCUT2D eigenvalue weighted by molar-refractivity contribution is 0.0107. The molecule has 26 heavy (non-hydrogen) atoms. The predicted octanol–water partition coefficient (Wildman–Crippen LogP) is 4.62. The van der Waals surface area contributed by atoms with Crippen molar-refractivity contribution in [2.75, 3.05) is 10.6 Å². The van der Waals surface area contributed by atoms with E-state index in [-0.39, 0.29) is 11.4 Å². The Bertz CT molecular complexity index is 806. The first-order valence-corrected chi connectivity index (χ1v) is 9.70. The molecule has 136 valence electrons. The fourth-order valence-electron chi connectivity index (χ4n) is 5.91. The van der Waals surface area contributed by atoms with E-state index in [0.29, 0.717) is 11.5 Å². The molecule has 5 nitrogen and oxygen atoms in total. The molecule has 0 radical (unpaired) electrons. The van der Waals surface area contributed by atoms with E-state index in [1.54, 1.807) is 13.0 Å². The number of para-hydroxylation sites is 2. The molecular weight excluding hydrogens is 326 g/mol. The van der Waals surface area contributed by atoms with Crippen molar-refractivity contribution >= 4 is 17.3 Å². The number of benzene rings is 1. The largest absolute Gasteiger partial charge is 0.378 e. The zero-order valence-electron chi connectivity index (χ0n) is 15.1. The fraction of sp³-hybridized carbons (Fsp3) is 0.524. The predicted molar refractivity (Wildman–Crippen MR) is 100 cm³/mol. The molecular formula is C21H25N3O2. The summed E-state index contributed by atoms with van der Waals surface area (Å²) in [6, 6.07) is 9.66. The second-order valence-electron chi connectivity index (χ2n) is 8.65. The first kappa shape index (κ1) is 15.9. The summed E-state index contributed by atoms with van der Waals surface area (Å²) in [6.45, 7) is 1.78. The zero-order valence-corrected chi connectivity index (χ0v) is 15.1. The summed E-state index contributed by atoms with van der Waals surface area (Å²) in [5.74, 6) is 3.05. The van der Waals surface area contributed by atoms with Crippen molar-refractivity contribution < 1.29 is 9.32 Å². The van der Waals surface area contributed by atoms with Crippen LogP contribution in [-0.2, 0) is 0 Å². The molecule has 6 rings (SSSR count). The third-order valence-electron chi connectivity index (χ3n) is 6.47. The molecule has 1 aromatic carbocycles. The van der Waals surface area contributed by atoms with Crippen LogP contribution < -0.4 is 10.6 Å². The Balaban J connectivity index is 1.38. The van der Waals surface area contributed by atoms with Gasteiger partial charge in [0.1, 0.15) is 5.76 Å². The summed E-state index contributed by atoms with van der Waals surface area (Å²) in [6.07, 6.45) is 8.07. The number of carbonyl (C=O) groups excluding carboxylic acids is 1. The number of nitrogens with one attached hydrogen (secondary N) is 2. The average molecular weight is 351 g/mol. The molecule has 4 saturated carbocycles. The van der Waals surface area contributed by atoms with Crippen molar-refractivity contribution in [1.82, 2.24) is 5.16 Å². The highest BCUT2D eigenvalue weighted by Crippen LogP contribution is 2.56. The Morgan fingerprint density at radius 2 is 1.69 bits per heavy atom. The van der Waals surface area contributed by atoms with Gasteiger partial charge < -0.3 is 15.2 Å². The van der Waals surface area contributed by atoms with E-state index in [9.17, 15) is 4.79 Å². The molecule has 4 fully saturated rings. The van der Waals surface area contributed by atoms with Crippen LogP contribution in [0.25, 0.3) is 0 Å². The van der Waals surface area contributed by atoms with Gasteiger partial charge in [0, 0.05) is 11.6 Å². The van der Waals surface area contributed by atoms with E-state index < -0.39 is 0 Å². The maximum Gasteiger partial charge on any atom is 0.277 e. The number of rotatable bonds is 4. The van der Waals surface area contributed by atoms with Crippen molar-refractivity contribution in [3.63, 3.8) is 0 Å². The molecule has 0 aliphatic heterocycles. The number of nitrogens with zero attached hydrogens (tertiary/aromatic N) is 1. The lowest BCUT2D eigenvalue weighted by Crippen LogP contribution is -2.54. The molecule has 5 heteroatoms. The maximum atomic E-state index is 12.5. The zero-order chi connectivity index (χ0) is 17.7. The minimum atomic E-state index is -0.235. The Morgan fingerprint density at radius 1 is 1.08 bits per heavy atom. The van der Waals surface area contributed by atoms with Crippen LogP contribution in [0.15, 0.2) is 34.9 Å². The number of anilines is 2. The molecule has 1 aromatic heterocycles. The Kier molecular flexibility index (Phi) is 3.59. The van der Waals surface area contributed by atoms with Gasteiger partial charge in [-0.1, -0.05) is 17.3 Å². The number of carbonyl (C=O) groups is 1. The third kappa shape index (κ3) is 2.79. The third-order valence-corrected chi connectivity index (χ3v) is 6.47. The highest BCUT2D eigenvalue weighted by molar-refractivity contribution is 6.04. The minimum Gasteiger partial charge on any atom is -0.378 e. The minimum absolute atomic E-state index is 0.208. The van der Waals surface area contributed by atoms with E-state index in [0.717, 1.165) is 29.1 Å². The van der Waals surface area contributed by atoms with Crippen molar-refractivity contribution in [3.05, 3.63) is 41.8 Å². The summed E-state index contributed by atoms with van der Waals surface area (Å²) >= 11 is 0. The Labute approximate surface area is 153 Å². The van der Waals surface area contributed by atoms with E-state index in [1.165, 1.54) is 38.5 Å². The molecule has 4 aliphatic rings. The summed E-state index contributed by atoms with van der Waals surface area (Å²) in [7, 11) is 0. The van der Waals surface area contributed by atoms with Crippen LogP contribution in [0.2, 0.25) is 0 Å². The van der Waals surface area contributed by atoms with E-state index in [2.05, 4.69) is 21.9 Å². The smallest absolute Gasteiger partial charge is 0.277 e. The van der Waals surface area contributed by atoms with E-state index in [4.69, 9.17) is 4.52 Å². The van der Waals surface area contributed by atoms with E-state index >= 15 is 0 Å². The first-order chi connectivity index (χ1) is 12.6. The summed E-state index contributed by atoms with van der Waals surface area (Å²) in [5, 5.41) is 10.7. The molecule has 1 amide bonds. The highest BCUT2D eigenvalue weighted by Gasteiger charge is 2.51. The van der Waals surface area contributed by atoms with Gasteiger partial charge in [-0.3, -0.25) is 4.79 Å². The molecule has 1 heterocycles. The molecule has 0 atom stereocenters. The van der Waals surface area contributed by atoms with Crippen LogP contribution in [0.3, 0.4) is 0 Å². The summed E-state index contributed by atoms with van der Waals surface area (Å²) < 4.78 is 5.02. The molecule has 0 unspecified atom stereocenters. The van der Waals surface area contributed by atoms with Crippen LogP contribution >= 0.6 is 0 Å². The van der Waals surface area contributed by atoms with Gasteiger partial charge in [0.2, 0.25) is 0 Å². The molecule has 2 aromatic rings. The second kappa shape index (κ2) is 5.86. The van der Waals surface area contributed by atoms with Gasteiger partial charge in [-0.05, 0) is 75.3 Å². The SMILES string of the molecule is Cc1cc(C(=O)Nc2ccccc2NC23CC4CC(CC(C4)C2)C3)no1. The summed E-state index contributed by atoms with van der Waals surface area (Å²) in [5.41, 5.74) is 2.35. The fourth-order valence-corrected chi connectivity index (χ4v) is 5.91. The van der Waals surface area contributed by atoms with Gasteiger partial charge in [-0.2, -0.15) is 0 Å². The van der Waals surface area contributed by atoms with E-state index in [1.807, 2.05) is 18.2 Å². The number of amides is 1. The average Bonchev–Trinajstić information content (AvgIpc) is 3.02. The van der Waals surface area contributed by atoms with Gasteiger partial charge in [0.25, 0.3) is 5.91 Å². The molecule has 2 N–H and O–H groups in total. The van der Waals surface area contributed by atoms with Gasteiger partial charge in [-0.25, -0.2) is 0 Å². The lowest BCUT2D eigenvalue weighted by atomic mass is 9.53. The topological polar surface area (TPSA) is 67.2 Å². The van der Waals surface area contributed by atoms with Crippen molar-refractivity contribution in [2.24, 2.45) is 17.8 Å². The molecule has 0 spiro atoms. The lowest BCUT2D eigenvalue weighted by Gasteiger charge is -2.57. The van der Waals surface area contributed by atoms with Crippen LogP contribution in [0.4, 0.5) is 11.4 Å². The van der Waals surface area contributed by atoms with Gasteiger partial charge in [0.15, 0.2) is 5.69 Å². The normalized spacial score (nSPS) is 31.8. The quantitative estimate of drug-likeness (QED) is 0.844. The second-order valence-corrected chi connectivity index (χ2v) is 8.65. The molecule has 4 aliphatic carbocycles. The Morgan fingerprint density at radius 3 is 2.27 bits per heavy atom. The van der Waals surface area contributed by atoms with Crippen LogP contribution in [0.1, 0.15) is 54.8 Å². The first-order valence-electron chi connectivity index (χ1n) is 9.70. The number of hydrogen-bond donors (Lipinski definition) is 2. The number of hydrogen-bond acceptors (Lipinski definition) is 4. The van der Waals surface area contributed by atoms with Crippen molar-refractivity contribution in [2.45, 2.75) is 51.0 Å². The molecule has 4 bridgehead atoms. The Hall–Kier alpha value is -2.30. The van der Waals surface area contributed by atoms with Gasteiger partial charge >= 0.3 is 0 Å². The van der Waals surface area contributed by atoms with Crippen LogP contribution in [0, 0.1) is 24.7 Å². The maximum absolute atomic E-state index is 12.5. The number of aromatic nitrogens is 1. The van der Waals surface area contributed by atoms with Gasteiger partial charge in [-0.15, -0.1) is 0 Å². The van der Waals surface area contributed by atoms with Gasteiger partial charge in [0.05, 0.1) is 11.4 Å². The monoisotopic (exact) mass is 351 g/mol. The summed E-state index contributed by atoms with van der Waals surface area (Å²) in [4.78, 5) is 12.5. The van der Waals surface area contributed by atoms with Crippen molar-refractivity contribution in [3.8, 4) is 0 Å². The van der Waals surface area contributed by atoms with Crippen molar-refractivity contribution in [1.29, 1.82) is 0 Å². The van der Waals surface area contributed by atoms with Crippen LogP contribution in [0.5, 0.6) is 0 Å². The highest BCUT2D eigenvalue weighted by atomic mass is 16.5. The molecule has 0 saturated heterocycles.